The van der Waals surface area contributed by atoms with Crippen LogP contribution in [0.25, 0.3) is 0 Å². The first-order valence-electron chi connectivity index (χ1n) is 7.00. The number of benzene rings is 1. The Hall–Kier alpha value is -1.51. The van der Waals surface area contributed by atoms with Gasteiger partial charge in [0.15, 0.2) is 0 Å². The Morgan fingerprint density at radius 2 is 1.89 bits per heavy atom. The fraction of sp³-hybridized carbons (Fsp3) is 0.562. The van der Waals surface area contributed by atoms with Gasteiger partial charge in [0.25, 0.3) is 5.91 Å². The van der Waals surface area contributed by atoms with Gasteiger partial charge in [0, 0.05) is 18.3 Å². The van der Waals surface area contributed by atoms with E-state index in [1.807, 2.05) is 31.2 Å². The SMILES string of the molecule is CCCNc1ccccc1C(=O)NC(C)C(C)(C)C. The molecular weight excluding hydrogens is 236 g/mol. The van der Waals surface area contributed by atoms with Crippen molar-refractivity contribution in [3.05, 3.63) is 29.8 Å². The van der Waals surface area contributed by atoms with Crippen molar-refractivity contribution in [3.63, 3.8) is 0 Å². The van der Waals surface area contributed by atoms with E-state index in [1.165, 1.54) is 0 Å². The number of nitrogens with one attached hydrogen (secondary N) is 2. The van der Waals surface area contributed by atoms with E-state index in [1.54, 1.807) is 0 Å². The Bertz CT molecular complexity index is 421. The highest BCUT2D eigenvalue weighted by atomic mass is 16.1. The van der Waals surface area contributed by atoms with Crippen molar-refractivity contribution in [2.24, 2.45) is 5.41 Å². The van der Waals surface area contributed by atoms with Crippen LogP contribution >= 0.6 is 0 Å². The fourth-order valence-corrected chi connectivity index (χ4v) is 1.59. The average molecular weight is 262 g/mol. The van der Waals surface area contributed by atoms with Crippen molar-refractivity contribution in [2.75, 3.05) is 11.9 Å². The number of rotatable bonds is 5. The third-order valence-corrected chi connectivity index (χ3v) is 3.38. The Morgan fingerprint density at radius 1 is 1.26 bits per heavy atom. The zero-order chi connectivity index (χ0) is 14.5. The molecule has 0 radical (unpaired) electrons. The topological polar surface area (TPSA) is 41.1 Å². The van der Waals surface area contributed by atoms with Crippen LogP contribution in [0.5, 0.6) is 0 Å². The van der Waals surface area contributed by atoms with Crippen LogP contribution in [0.1, 0.15) is 51.4 Å². The summed E-state index contributed by atoms with van der Waals surface area (Å²) in [5, 5.41) is 6.37. The molecule has 0 bridgehead atoms. The van der Waals surface area contributed by atoms with Crippen LogP contribution in [0.4, 0.5) is 5.69 Å². The van der Waals surface area contributed by atoms with Gasteiger partial charge in [-0.25, -0.2) is 0 Å². The maximum Gasteiger partial charge on any atom is 0.253 e. The van der Waals surface area contributed by atoms with Gasteiger partial charge >= 0.3 is 0 Å². The largest absolute Gasteiger partial charge is 0.384 e. The highest BCUT2D eigenvalue weighted by Gasteiger charge is 2.22. The average Bonchev–Trinajstić information content (AvgIpc) is 2.35. The molecule has 1 rings (SSSR count). The lowest BCUT2D eigenvalue weighted by Gasteiger charge is -2.28. The van der Waals surface area contributed by atoms with Crippen molar-refractivity contribution in [2.45, 2.75) is 47.1 Å². The minimum Gasteiger partial charge on any atom is -0.384 e. The van der Waals surface area contributed by atoms with Crippen LogP contribution in [0.2, 0.25) is 0 Å². The summed E-state index contributed by atoms with van der Waals surface area (Å²) >= 11 is 0. The van der Waals surface area contributed by atoms with Gasteiger partial charge < -0.3 is 10.6 Å². The first-order valence-corrected chi connectivity index (χ1v) is 7.00. The molecule has 0 saturated carbocycles. The van der Waals surface area contributed by atoms with E-state index in [4.69, 9.17) is 0 Å². The van der Waals surface area contributed by atoms with Crippen LogP contribution in [-0.4, -0.2) is 18.5 Å². The maximum absolute atomic E-state index is 12.3. The third-order valence-electron chi connectivity index (χ3n) is 3.38. The van der Waals surface area contributed by atoms with E-state index in [9.17, 15) is 4.79 Å². The van der Waals surface area contributed by atoms with E-state index >= 15 is 0 Å². The quantitative estimate of drug-likeness (QED) is 0.850. The molecule has 3 heteroatoms. The van der Waals surface area contributed by atoms with Gasteiger partial charge in [0.05, 0.1) is 5.56 Å². The number of carbonyl (C=O) groups excluding carboxylic acids is 1. The number of hydrogen-bond acceptors (Lipinski definition) is 2. The lowest BCUT2D eigenvalue weighted by molar-refractivity contribution is 0.0911. The molecule has 1 amide bonds. The number of anilines is 1. The smallest absolute Gasteiger partial charge is 0.253 e. The van der Waals surface area contributed by atoms with Gasteiger partial charge in [-0.05, 0) is 30.9 Å². The van der Waals surface area contributed by atoms with E-state index < -0.39 is 0 Å². The zero-order valence-electron chi connectivity index (χ0n) is 12.7. The Morgan fingerprint density at radius 3 is 2.47 bits per heavy atom. The molecule has 0 fully saturated rings. The molecule has 1 atom stereocenters. The molecule has 0 saturated heterocycles. The number of amides is 1. The van der Waals surface area contributed by atoms with Crippen molar-refractivity contribution in [3.8, 4) is 0 Å². The molecule has 3 nitrogen and oxygen atoms in total. The monoisotopic (exact) mass is 262 g/mol. The second-order valence-electron chi connectivity index (χ2n) is 6.03. The molecule has 1 aromatic carbocycles. The summed E-state index contributed by atoms with van der Waals surface area (Å²) in [5.74, 6) is -0.0124. The molecule has 19 heavy (non-hydrogen) atoms. The van der Waals surface area contributed by atoms with Crippen molar-refractivity contribution in [1.82, 2.24) is 5.32 Å². The van der Waals surface area contributed by atoms with Gasteiger partial charge in [0.1, 0.15) is 0 Å². The summed E-state index contributed by atoms with van der Waals surface area (Å²) in [5.41, 5.74) is 1.68. The second kappa shape index (κ2) is 6.60. The van der Waals surface area contributed by atoms with Crippen molar-refractivity contribution in [1.29, 1.82) is 0 Å². The fourth-order valence-electron chi connectivity index (χ4n) is 1.59. The minimum atomic E-state index is -0.0124. The molecule has 106 valence electrons. The van der Waals surface area contributed by atoms with Crippen LogP contribution < -0.4 is 10.6 Å². The lowest BCUT2D eigenvalue weighted by Crippen LogP contribution is -2.41. The zero-order valence-corrected chi connectivity index (χ0v) is 12.7. The Kier molecular flexibility index (Phi) is 5.40. The molecular formula is C16H26N2O. The summed E-state index contributed by atoms with van der Waals surface area (Å²) in [6, 6.07) is 7.78. The molecule has 0 aliphatic heterocycles. The number of para-hydroxylation sites is 1. The molecule has 2 N–H and O–H groups in total. The minimum absolute atomic E-state index is 0.0124. The highest BCUT2D eigenvalue weighted by Crippen LogP contribution is 2.20. The standard InChI is InChI=1S/C16H26N2O/c1-6-11-17-14-10-8-7-9-13(14)15(19)18-12(2)16(3,4)5/h7-10,12,17H,6,11H2,1-5H3,(H,18,19). The van der Waals surface area contributed by atoms with Gasteiger partial charge in [0.2, 0.25) is 0 Å². The van der Waals surface area contributed by atoms with Gasteiger partial charge in [-0.15, -0.1) is 0 Å². The first kappa shape index (κ1) is 15.5. The normalized spacial score (nSPS) is 12.9. The van der Waals surface area contributed by atoms with Crippen molar-refractivity contribution < 1.29 is 4.79 Å². The molecule has 1 unspecified atom stereocenters. The summed E-state index contributed by atoms with van der Waals surface area (Å²) in [6.07, 6.45) is 1.04. The van der Waals surface area contributed by atoms with Gasteiger partial charge in [-0.1, -0.05) is 39.8 Å². The van der Waals surface area contributed by atoms with E-state index in [0.29, 0.717) is 5.56 Å². The first-order chi connectivity index (χ1) is 8.86. The van der Waals surface area contributed by atoms with Gasteiger partial charge in [-0.2, -0.15) is 0 Å². The molecule has 0 heterocycles. The van der Waals surface area contributed by atoms with Crippen LogP contribution in [0, 0.1) is 5.41 Å². The maximum atomic E-state index is 12.3. The van der Waals surface area contributed by atoms with Crippen LogP contribution in [0.15, 0.2) is 24.3 Å². The molecule has 0 aromatic heterocycles. The summed E-state index contributed by atoms with van der Waals surface area (Å²) < 4.78 is 0. The third kappa shape index (κ3) is 4.58. The summed E-state index contributed by atoms with van der Waals surface area (Å²) in [6.45, 7) is 11.4. The predicted octanol–water partition coefficient (Wildman–Crippen LogP) is 3.67. The summed E-state index contributed by atoms with van der Waals surface area (Å²) in [7, 11) is 0. The number of hydrogen-bond donors (Lipinski definition) is 2. The van der Waals surface area contributed by atoms with Gasteiger partial charge in [-0.3, -0.25) is 4.79 Å². The summed E-state index contributed by atoms with van der Waals surface area (Å²) in [4.78, 5) is 12.3. The number of carbonyl (C=O) groups is 1. The molecule has 0 aliphatic carbocycles. The molecule has 1 aromatic rings. The molecule has 0 spiro atoms. The highest BCUT2D eigenvalue weighted by molar-refractivity contribution is 5.99. The van der Waals surface area contributed by atoms with E-state index in [-0.39, 0.29) is 17.4 Å². The second-order valence-corrected chi connectivity index (χ2v) is 6.03. The Balaban J connectivity index is 2.82. The molecule has 0 aliphatic rings. The van der Waals surface area contributed by atoms with E-state index in [2.05, 4.69) is 38.3 Å². The van der Waals surface area contributed by atoms with Crippen LogP contribution in [0.3, 0.4) is 0 Å². The lowest BCUT2D eigenvalue weighted by atomic mass is 9.88. The predicted molar refractivity (Wildman–Crippen MR) is 81.6 cm³/mol. The van der Waals surface area contributed by atoms with Crippen LogP contribution in [-0.2, 0) is 0 Å². The van der Waals surface area contributed by atoms with E-state index in [0.717, 1.165) is 18.7 Å². The Labute approximate surface area is 116 Å². The van der Waals surface area contributed by atoms with Crippen molar-refractivity contribution >= 4 is 11.6 Å².